The van der Waals surface area contributed by atoms with Crippen molar-refractivity contribution in [3.8, 4) is 11.8 Å². The number of thiophene rings is 1. The first kappa shape index (κ1) is 17.1. The van der Waals surface area contributed by atoms with Gasteiger partial charge in [-0.3, -0.25) is 19.9 Å². The van der Waals surface area contributed by atoms with Gasteiger partial charge in [0.25, 0.3) is 0 Å². The molecule has 1 aliphatic heterocycles. The number of hydrogen-bond donors (Lipinski definition) is 2. The summed E-state index contributed by atoms with van der Waals surface area (Å²) in [4.78, 5) is 31.3. The predicted octanol–water partition coefficient (Wildman–Crippen LogP) is 2.39. The van der Waals surface area contributed by atoms with Crippen LogP contribution in [0.5, 0.6) is 0 Å². The van der Waals surface area contributed by atoms with Crippen molar-refractivity contribution in [1.29, 1.82) is 5.41 Å². The molecule has 1 aliphatic rings. The number of fused-ring (bicyclic) bond motifs is 1. The largest absolute Gasteiger partial charge is 0.350 e. The van der Waals surface area contributed by atoms with Crippen LogP contribution in [0, 0.1) is 17.3 Å². The number of amides is 1. The van der Waals surface area contributed by atoms with Crippen LogP contribution in [-0.4, -0.2) is 40.1 Å². The first-order valence-corrected chi connectivity index (χ1v) is 8.67. The summed E-state index contributed by atoms with van der Waals surface area (Å²) in [6, 6.07) is 1.88. The molecule has 0 unspecified atom stereocenters. The Balaban J connectivity index is 1.89. The molecule has 1 fully saturated rings. The van der Waals surface area contributed by atoms with E-state index in [9.17, 15) is 9.59 Å². The molecule has 6 nitrogen and oxygen atoms in total. The minimum absolute atomic E-state index is 0.0175. The molecule has 2 aromatic rings. The average Bonchev–Trinajstić information content (AvgIpc) is 2.96. The topological polar surface area (TPSA) is 86.2 Å². The number of carbonyl (C=O) groups is 2. The highest BCUT2D eigenvalue weighted by molar-refractivity contribution is 7.17. The number of Topliss-reactive ketones (excluding diaryl/α,β-unsaturated/α-hetero) is 1. The van der Waals surface area contributed by atoms with Gasteiger partial charge in [0.05, 0.1) is 12.0 Å². The SMILES string of the molecule is CC#Cc1cnc2scc(C(=O)C[C@]3(C)CC(=O)N(C)C(=N)N3)c2c1. The van der Waals surface area contributed by atoms with Crippen LogP contribution in [-0.2, 0) is 4.79 Å². The van der Waals surface area contributed by atoms with Gasteiger partial charge < -0.3 is 5.32 Å². The van der Waals surface area contributed by atoms with Gasteiger partial charge in [0.1, 0.15) is 4.83 Å². The number of nitrogens with zero attached hydrogens (tertiary/aromatic N) is 2. The molecular weight excluding hydrogens is 336 g/mol. The second-order valence-corrected chi connectivity index (χ2v) is 7.22. The summed E-state index contributed by atoms with van der Waals surface area (Å²) < 4.78 is 0. The number of pyridine rings is 1. The molecule has 7 heteroatoms. The first-order chi connectivity index (χ1) is 11.8. The Labute approximate surface area is 149 Å². The van der Waals surface area contributed by atoms with Gasteiger partial charge in [-0.1, -0.05) is 5.92 Å². The van der Waals surface area contributed by atoms with Gasteiger partial charge in [-0.05, 0) is 19.9 Å². The molecular formula is C18H18N4O2S. The quantitative estimate of drug-likeness (QED) is 0.654. The molecule has 0 saturated carbocycles. The molecule has 1 saturated heterocycles. The molecule has 0 radical (unpaired) electrons. The van der Waals surface area contributed by atoms with Crippen LogP contribution in [0.25, 0.3) is 10.2 Å². The Kier molecular flexibility index (Phi) is 4.31. The van der Waals surface area contributed by atoms with E-state index >= 15 is 0 Å². The fourth-order valence-corrected chi connectivity index (χ4v) is 3.79. The van der Waals surface area contributed by atoms with Gasteiger partial charge in [0.2, 0.25) is 5.91 Å². The zero-order valence-corrected chi connectivity index (χ0v) is 15.1. The fourth-order valence-electron chi connectivity index (χ4n) is 2.89. The van der Waals surface area contributed by atoms with Gasteiger partial charge in [-0.25, -0.2) is 4.98 Å². The molecule has 3 heterocycles. The summed E-state index contributed by atoms with van der Waals surface area (Å²) in [5.74, 6) is 5.55. The summed E-state index contributed by atoms with van der Waals surface area (Å²) in [5, 5.41) is 13.4. The number of nitrogens with one attached hydrogen (secondary N) is 2. The third kappa shape index (κ3) is 3.26. The lowest BCUT2D eigenvalue weighted by molar-refractivity contribution is -0.129. The second-order valence-electron chi connectivity index (χ2n) is 6.36. The smallest absolute Gasteiger partial charge is 0.231 e. The molecule has 128 valence electrons. The van der Waals surface area contributed by atoms with Gasteiger partial charge >= 0.3 is 0 Å². The van der Waals surface area contributed by atoms with E-state index in [4.69, 9.17) is 5.41 Å². The number of hydrogen-bond acceptors (Lipinski definition) is 5. The van der Waals surface area contributed by atoms with Crippen molar-refractivity contribution >= 4 is 39.2 Å². The Morgan fingerprint density at radius 2 is 2.32 bits per heavy atom. The molecule has 0 aromatic carbocycles. The zero-order valence-electron chi connectivity index (χ0n) is 14.3. The van der Waals surface area contributed by atoms with Crippen molar-refractivity contribution in [3.63, 3.8) is 0 Å². The molecule has 25 heavy (non-hydrogen) atoms. The molecule has 0 bridgehead atoms. The Morgan fingerprint density at radius 1 is 1.56 bits per heavy atom. The third-order valence-electron chi connectivity index (χ3n) is 4.22. The molecule has 0 aliphatic carbocycles. The average molecular weight is 354 g/mol. The highest BCUT2D eigenvalue weighted by atomic mass is 32.1. The Morgan fingerprint density at radius 3 is 3.00 bits per heavy atom. The van der Waals surface area contributed by atoms with E-state index in [0.717, 1.165) is 15.8 Å². The summed E-state index contributed by atoms with van der Waals surface area (Å²) >= 11 is 1.41. The van der Waals surface area contributed by atoms with Crippen LogP contribution in [0.2, 0.25) is 0 Å². The maximum Gasteiger partial charge on any atom is 0.231 e. The molecule has 2 N–H and O–H groups in total. The third-order valence-corrected chi connectivity index (χ3v) is 5.12. The lowest BCUT2D eigenvalue weighted by atomic mass is 9.87. The van der Waals surface area contributed by atoms with Gasteiger partial charge in [-0.15, -0.1) is 17.3 Å². The monoisotopic (exact) mass is 354 g/mol. The van der Waals surface area contributed by atoms with Crippen molar-refractivity contribution < 1.29 is 9.59 Å². The number of carbonyl (C=O) groups excluding carboxylic acids is 2. The summed E-state index contributed by atoms with van der Waals surface area (Å²) in [7, 11) is 1.55. The minimum atomic E-state index is -0.764. The van der Waals surface area contributed by atoms with Crippen molar-refractivity contribution in [2.45, 2.75) is 32.2 Å². The van der Waals surface area contributed by atoms with Crippen LogP contribution in [0.4, 0.5) is 0 Å². The van der Waals surface area contributed by atoms with E-state index in [0.29, 0.717) is 5.56 Å². The van der Waals surface area contributed by atoms with Crippen molar-refractivity contribution in [1.82, 2.24) is 15.2 Å². The van der Waals surface area contributed by atoms with Crippen LogP contribution in [0.15, 0.2) is 17.6 Å². The molecule has 3 rings (SSSR count). The fraction of sp³-hybridized carbons (Fsp3) is 0.333. The maximum absolute atomic E-state index is 12.9. The summed E-state index contributed by atoms with van der Waals surface area (Å²) in [5.41, 5.74) is 0.594. The van der Waals surface area contributed by atoms with Crippen molar-refractivity contribution in [3.05, 3.63) is 28.8 Å². The van der Waals surface area contributed by atoms with Crippen molar-refractivity contribution in [2.24, 2.45) is 0 Å². The van der Waals surface area contributed by atoms with E-state index in [2.05, 4.69) is 22.1 Å². The second kappa shape index (κ2) is 6.30. The standard InChI is InChI=1S/C18H18N4O2S/c1-4-5-11-6-12-13(10-25-16(12)20-9-11)14(23)7-18(2)8-15(24)22(3)17(19)21-18/h6,9-10H,7-8H2,1-3H3,(H2,19,21)/t18-/m1/s1. The van der Waals surface area contributed by atoms with Gasteiger partial charge in [-0.2, -0.15) is 0 Å². The zero-order chi connectivity index (χ0) is 18.2. The molecule has 1 atom stereocenters. The van der Waals surface area contributed by atoms with Crippen LogP contribution in [0.3, 0.4) is 0 Å². The Bertz CT molecular complexity index is 933. The predicted molar refractivity (Wildman–Crippen MR) is 97.8 cm³/mol. The number of guanidine groups is 1. The van der Waals surface area contributed by atoms with Crippen molar-refractivity contribution in [2.75, 3.05) is 7.05 Å². The summed E-state index contributed by atoms with van der Waals surface area (Å²) in [6.45, 7) is 3.55. The molecule has 2 aromatic heterocycles. The number of aromatic nitrogens is 1. The van der Waals surface area contributed by atoms with Crippen LogP contribution < -0.4 is 5.32 Å². The van der Waals surface area contributed by atoms with E-state index < -0.39 is 5.54 Å². The van der Waals surface area contributed by atoms with Crippen LogP contribution in [0.1, 0.15) is 42.6 Å². The number of ketones is 1. The normalized spacial score (nSPS) is 20.2. The van der Waals surface area contributed by atoms with E-state index in [-0.39, 0.29) is 30.5 Å². The lowest BCUT2D eigenvalue weighted by Crippen LogP contribution is -2.60. The maximum atomic E-state index is 12.9. The highest BCUT2D eigenvalue weighted by Gasteiger charge is 2.38. The minimum Gasteiger partial charge on any atom is -0.350 e. The van der Waals surface area contributed by atoms with E-state index in [1.54, 1.807) is 32.5 Å². The Hall–Kier alpha value is -2.72. The van der Waals surface area contributed by atoms with Gasteiger partial charge in [0, 0.05) is 41.6 Å². The van der Waals surface area contributed by atoms with E-state index in [1.165, 1.54) is 16.2 Å². The molecule has 0 spiro atoms. The lowest BCUT2D eigenvalue weighted by Gasteiger charge is -2.38. The first-order valence-electron chi connectivity index (χ1n) is 7.79. The molecule has 1 amide bonds. The van der Waals surface area contributed by atoms with Crippen LogP contribution >= 0.6 is 11.3 Å². The van der Waals surface area contributed by atoms with Gasteiger partial charge in [0.15, 0.2) is 11.7 Å². The summed E-state index contributed by atoms with van der Waals surface area (Å²) in [6.07, 6.45) is 2.00. The number of rotatable bonds is 3. The highest BCUT2D eigenvalue weighted by Crippen LogP contribution is 2.29. The van der Waals surface area contributed by atoms with E-state index in [1.807, 2.05) is 6.07 Å².